The zero-order valence-electron chi connectivity index (χ0n) is 16.6. The monoisotopic (exact) mass is 396 g/mol. The Morgan fingerprint density at radius 1 is 1.22 bits per heavy atom. The number of rotatable bonds is 13. The fourth-order valence-corrected chi connectivity index (χ4v) is 3.49. The maximum absolute atomic E-state index is 12.9. The van der Waals surface area contributed by atoms with Crippen LogP contribution < -0.4 is 10.6 Å². The van der Waals surface area contributed by atoms with Crippen LogP contribution in [0.25, 0.3) is 0 Å². The lowest BCUT2D eigenvalue weighted by atomic mass is 10.0. The third-order valence-electron chi connectivity index (χ3n) is 4.24. The van der Waals surface area contributed by atoms with Crippen LogP contribution in [0, 0.1) is 0 Å². The minimum absolute atomic E-state index is 0.0929. The molecule has 7 heteroatoms. The number of carbonyl (C=O) groups excluding carboxylic acids is 1. The summed E-state index contributed by atoms with van der Waals surface area (Å²) >= 11 is 1.24. The number of aliphatic carboxylic acids is 1. The summed E-state index contributed by atoms with van der Waals surface area (Å²) in [6.07, 6.45) is 3.61. The minimum atomic E-state index is -1.06. The quantitative estimate of drug-likeness (QED) is 0.393. The molecule has 0 aromatic heterocycles. The Labute approximate surface area is 166 Å². The van der Waals surface area contributed by atoms with Crippen LogP contribution in [0.1, 0.15) is 44.7 Å². The first-order chi connectivity index (χ1) is 13.0. The standard InChI is InChI=1S/C20H32N2O4S/c1-4-7-11-26-14-22(18(23)13-27-12-17(21)20(24)25)19-15(5-2)9-8-10-16(19)6-3/h8-10,17H,4-7,11-14,21H2,1-3H3,(H,24,25)/t17-/m0/s1. The highest BCUT2D eigenvalue weighted by atomic mass is 32.2. The number of carboxylic acids is 1. The van der Waals surface area contributed by atoms with Gasteiger partial charge >= 0.3 is 5.97 Å². The molecule has 0 aliphatic heterocycles. The van der Waals surface area contributed by atoms with Crippen LogP contribution in [0.15, 0.2) is 18.2 Å². The fourth-order valence-electron chi connectivity index (χ4n) is 2.65. The van der Waals surface area contributed by atoms with E-state index < -0.39 is 12.0 Å². The van der Waals surface area contributed by atoms with Gasteiger partial charge < -0.3 is 15.6 Å². The SMILES string of the molecule is CCCCOCN(C(=O)CSC[C@H](N)C(=O)O)c1c(CC)cccc1CC. The van der Waals surface area contributed by atoms with Gasteiger partial charge in [0.25, 0.3) is 0 Å². The van der Waals surface area contributed by atoms with Gasteiger partial charge in [-0.15, -0.1) is 11.8 Å². The van der Waals surface area contributed by atoms with Crippen LogP contribution in [0.5, 0.6) is 0 Å². The Balaban J connectivity index is 2.96. The molecule has 0 unspecified atom stereocenters. The summed E-state index contributed by atoms with van der Waals surface area (Å²) in [5.74, 6) is -0.787. The zero-order chi connectivity index (χ0) is 20.2. The number of nitrogens with zero attached hydrogens (tertiary/aromatic N) is 1. The number of benzene rings is 1. The summed E-state index contributed by atoms with van der Waals surface area (Å²) < 4.78 is 5.75. The van der Waals surface area contributed by atoms with Crippen LogP contribution in [0.4, 0.5) is 5.69 Å². The van der Waals surface area contributed by atoms with E-state index in [1.807, 2.05) is 18.2 Å². The molecule has 1 rings (SSSR count). The molecule has 1 amide bonds. The van der Waals surface area contributed by atoms with E-state index in [-0.39, 0.29) is 24.1 Å². The van der Waals surface area contributed by atoms with Crippen LogP contribution in [-0.2, 0) is 27.2 Å². The van der Waals surface area contributed by atoms with Gasteiger partial charge in [0, 0.05) is 12.4 Å². The summed E-state index contributed by atoms with van der Waals surface area (Å²) in [4.78, 5) is 25.5. The number of carboxylic acid groups (broad SMARTS) is 1. The fraction of sp³-hybridized carbons (Fsp3) is 0.600. The van der Waals surface area contributed by atoms with Crippen molar-refractivity contribution >= 4 is 29.3 Å². The van der Waals surface area contributed by atoms with Gasteiger partial charge in [-0.3, -0.25) is 14.5 Å². The van der Waals surface area contributed by atoms with Crippen molar-refractivity contribution < 1.29 is 19.4 Å². The van der Waals surface area contributed by atoms with E-state index >= 15 is 0 Å². The lowest BCUT2D eigenvalue weighted by molar-refractivity contribution is -0.137. The topological polar surface area (TPSA) is 92.9 Å². The van der Waals surface area contributed by atoms with Crippen molar-refractivity contribution in [2.75, 3.05) is 29.7 Å². The van der Waals surface area contributed by atoms with Crippen molar-refractivity contribution in [3.63, 3.8) is 0 Å². The van der Waals surface area contributed by atoms with E-state index in [4.69, 9.17) is 15.6 Å². The van der Waals surface area contributed by atoms with E-state index in [1.54, 1.807) is 4.90 Å². The highest BCUT2D eigenvalue weighted by molar-refractivity contribution is 8.00. The first-order valence-corrected chi connectivity index (χ1v) is 10.7. The highest BCUT2D eigenvalue weighted by Gasteiger charge is 2.22. The molecule has 0 spiro atoms. The first-order valence-electron chi connectivity index (χ1n) is 9.51. The van der Waals surface area contributed by atoms with Crippen LogP contribution in [0.3, 0.4) is 0 Å². The Morgan fingerprint density at radius 3 is 2.37 bits per heavy atom. The van der Waals surface area contributed by atoms with Gasteiger partial charge in [-0.05, 0) is 30.4 Å². The molecular formula is C20H32N2O4S. The molecule has 27 heavy (non-hydrogen) atoms. The third kappa shape index (κ3) is 7.52. The average molecular weight is 397 g/mol. The van der Waals surface area contributed by atoms with Gasteiger partial charge in [-0.1, -0.05) is 45.4 Å². The van der Waals surface area contributed by atoms with E-state index in [0.717, 1.165) is 42.5 Å². The molecule has 0 heterocycles. The number of nitrogens with two attached hydrogens (primary N) is 1. The van der Waals surface area contributed by atoms with Gasteiger partial charge in [-0.2, -0.15) is 0 Å². The lowest BCUT2D eigenvalue weighted by Crippen LogP contribution is -2.37. The molecule has 1 aromatic carbocycles. The number of carbonyl (C=O) groups is 2. The zero-order valence-corrected chi connectivity index (χ0v) is 17.4. The molecule has 1 aromatic rings. The van der Waals surface area contributed by atoms with Gasteiger partial charge in [-0.25, -0.2) is 0 Å². The minimum Gasteiger partial charge on any atom is -0.480 e. The van der Waals surface area contributed by atoms with E-state index in [9.17, 15) is 9.59 Å². The number of thioether (sulfide) groups is 1. The van der Waals surface area contributed by atoms with Crippen molar-refractivity contribution in [1.29, 1.82) is 0 Å². The average Bonchev–Trinajstić information content (AvgIpc) is 2.67. The summed E-state index contributed by atoms with van der Waals surface area (Å²) in [7, 11) is 0. The Hall–Kier alpha value is -1.57. The molecule has 0 saturated carbocycles. The smallest absolute Gasteiger partial charge is 0.321 e. The van der Waals surface area contributed by atoms with Crippen LogP contribution in [0.2, 0.25) is 0 Å². The van der Waals surface area contributed by atoms with Crippen molar-refractivity contribution in [2.24, 2.45) is 5.73 Å². The molecule has 0 saturated heterocycles. The summed E-state index contributed by atoms with van der Waals surface area (Å²) in [6, 6.07) is 5.12. The second-order valence-electron chi connectivity index (χ2n) is 6.30. The van der Waals surface area contributed by atoms with Crippen molar-refractivity contribution in [1.82, 2.24) is 0 Å². The molecule has 3 N–H and O–H groups in total. The largest absolute Gasteiger partial charge is 0.480 e. The van der Waals surface area contributed by atoms with Crippen molar-refractivity contribution in [3.05, 3.63) is 29.3 Å². The number of hydrogen-bond donors (Lipinski definition) is 2. The van der Waals surface area contributed by atoms with Crippen molar-refractivity contribution in [2.45, 2.75) is 52.5 Å². The van der Waals surface area contributed by atoms with Gasteiger partial charge in [0.05, 0.1) is 11.4 Å². The van der Waals surface area contributed by atoms with Gasteiger partial charge in [0.1, 0.15) is 12.8 Å². The van der Waals surface area contributed by atoms with Crippen LogP contribution >= 0.6 is 11.8 Å². The van der Waals surface area contributed by atoms with E-state index in [2.05, 4.69) is 20.8 Å². The number of aryl methyl sites for hydroxylation is 2. The molecular weight excluding hydrogens is 364 g/mol. The lowest BCUT2D eigenvalue weighted by Gasteiger charge is -2.27. The Morgan fingerprint density at radius 2 is 1.85 bits per heavy atom. The number of anilines is 1. The third-order valence-corrected chi connectivity index (χ3v) is 5.28. The van der Waals surface area contributed by atoms with Crippen molar-refractivity contribution in [3.8, 4) is 0 Å². The summed E-state index contributed by atoms with van der Waals surface area (Å²) in [5, 5.41) is 8.88. The molecule has 152 valence electrons. The normalized spacial score (nSPS) is 12.0. The molecule has 0 radical (unpaired) electrons. The molecule has 6 nitrogen and oxygen atoms in total. The second-order valence-corrected chi connectivity index (χ2v) is 7.33. The summed E-state index contributed by atoms with van der Waals surface area (Å²) in [6.45, 7) is 7.04. The number of hydrogen-bond acceptors (Lipinski definition) is 5. The Kier molecular flexibility index (Phi) is 11.1. The first kappa shape index (κ1) is 23.5. The van der Waals surface area contributed by atoms with E-state index in [0.29, 0.717) is 6.61 Å². The van der Waals surface area contributed by atoms with Gasteiger partial charge in [0.15, 0.2) is 0 Å². The number of amides is 1. The molecule has 0 bridgehead atoms. The van der Waals surface area contributed by atoms with Crippen LogP contribution in [-0.4, -0.2) is 47.9 Å². The number of unbranched alkanes of at least 4 members (excludes halogenated alkanes) is 1. The highest BCUT2D eigenvalue weighted by Crippen LogP contribution is 2.28. The molecule has 0 aliphatic carbocycles. The molecule has 1 atom stereocenters. The number of ether oxygens (including phenoxy) is 1. The predicted octanol–water partition coefficient (Wildman–Crippen LogP) is 3.06. The Bertz CT molecular complexity index is 587. The second kappa shape index (κ2) is 12.8. The maximum atomic E-state index is 12.9. The predicted molar refractivity (Wildman–Crippen MR) is 111 cm³/mol. The van der Waals surface area contributed by atoms with E-state index in [1.165, 1.54) is 11.8 Å². The van der Waals surface area contributed by atoms with Gasteiger partial charge in [0.2, 0.25) is 5.91 Å². The maximum Gasteiger partial charge on any atom is 0.321 e. The summed E-state index contributed by atoms with van der Waals surface area (Å²) in [5.41, 5.74) is 8.66. The number of para-hydroxylation sites is 1. The molecule has 0 aliphatic rings. The molecule has 0 fully saturated rings.